The highest BCUT2D eigenvalue weighted by Crippen LogP contribution is 2.27. The van der Waals surface area contributed by atoms with Crippen molar-refractivity contribution in [1.29, 1.82) is 0 Å². The monoisotopic (exact) mass is 320 g/mol. The van der Waals surface area contributed by atoms with Crippen molar-refractivity contribution in [3.8, 4) is 0 Å². The molecule has 1 aromatic rings. The van der Waals surface area contributed by atoms with Crippen LogP contribution < -0.4 is 10.6 Å². The molecule has 1 saturated carbocycles. The molecule has 0 saturated heterocycles. The molecule has 1 amide bonds. The molecule has 1 aliphatic carbocycles. The summed E-state index contributed by atoms with van der Waals surface area (Å²) in [4.78, 5) is 22.8. The predicted molar refractivity (Wildman–Crippen MR) is 87.9 cm³/mol. The van der Waals surface area contributed by atoms with Crippen LogP contribution in [0.2, 0.25) is 0 Å². The topological polar surface area (TPSA) is 87.7 Å². The van der Waals surface area contributed by atoms with Gasteiger partial charge < -0.3 is 20.5 Å². The summed E-state index contributed by atoms with van der Waals surface area (Å²) in [5, 5.41) is 15.3. The number of carboxylic acids is 1. The molecular weight excluding hydrogens is 296 g/mol. The number of ether oxygens (including phenoxy) is 1. The standard InChI is InChI=1S/C17H24N2O4/c1-10-13(15(20)21)6-5-7-14(10)18-11-8-12(9-11)19-16(22)23-17(2,3)4/h5-7,11-12,18H,8-9H2,1-4H3,(H,19,22)(H,20,21). The van der Waals surface area contributed by atoms with Gasteiger partial charge in [0.2, 0.25) is 0 Å². The molecule has 126 valence electrons. The molecule has 6 nitrogen and oxygen atoms in total. The van der Waals surface area contributed by atoms with Gasteiger partial charge in [0, 0.05) is 17.8 Å². The van der Waals surface area contributed by atoms with Gasteiger partial charge >= 0.3 is 12.1 Å². The van der Waals surface area contributed by atoms with Gasteiger partial charge in [0.1, 0.15) is 5.60 Å². The SMILES string of the molecule is Cc1c(NC2CC(NC(=O)OC(C)(C)C)C2)cccc1C(=O)O. The molecule has 1 aliphatic rings. The maximum absolute atomic E-state index is 11.7. The van der Waals surface area contributed by atoms with Crippen LogP contribution in [0, 0.1) is 6.92 Å². The molecule has 0 aromatic heterocycles. The van der Waals surface area contributed by atoms with Crippen LogP contribution in [0.3, 0.4) is 0 Å². The highest BCUT2D eigenvalue weighted by atomic mass is 16.6. The van der Waals surface area contributed by atoms with Gasteiger partial charge in [-0.3, -0.25) is 0 Å². The summed E-state index contributed by atoms with van der Waals surface area (Å²) in [6.45, 7) is 7.28. The van der Waals surface area contributed by atoms with E-state index in [1.807, 2.05) is 26.8 Å². The molecule has 2 rings (SSSR count). The van der Waals surface area contributed by atoms with Crippen LogP contribution in [0.1, 0.15) is 49.5 Å². The summed E-state index contributed by atoms with van der Waals surface area (Å²) in [6, 6.07) is 5.50. The molecule has 0 radical (unpaired) electrons. The van der Waals surface area contributed by atoms with Crippen LogP contribution in [0.4, 0.5) is 10.5 Å². The summed E-state index contributed by atoms with van der Waals surface area (Å²) in [5.41, 5.74) is 1.35. The lowest BCUT2D eigenvalue weighted by molar-refractivity contribution is 0.0475. The summed E-state index contributed by atoms with van der Waals surface area (Å²) < 4.78 is 5.22. The fraction of sp³-hybridized carbons (Fsp3) is 0.529. The zero-order valence-electron chi connectivity index (χ0n) is 14.0. The van der Waals surface area contributed by atoms with Crippen molar-refractivity contribution in [3.63, 3.8) is 0 Å². The Morgan fingerprint density at radius 3 is 2.43 bits per heavy atom. The smallest absolute Gasteiger partial charge is 0.407 e. The van der Waals surface area contributed by atoms with Gasteiger partial charge in [0.15, 0.2) is 0 Å². The molecule has 23 heavy (non-hydrogen) atoms. The molecule has 3 N–H and O–H groups in total. The molecule has 0 heterocycles. The van der Waals surface area contributed by atoms with Gasteiger partial charge in [0.05, 0.1) is 5.56 Å². The molecular formula is C17H24N2O4. The van der Waals surface area contributed by atoms with E-state index in [1.54, 1.807) is 19.1 Å². The Kier molecular flexibility index (Phi) is 4.82. The summed E-state index contributed by atoms with van der Waals surface area (Å²) >= 11 is 0. The second kappa shape index (κ2) is 6.48. The van der Waals surface area contributed by atoms with Gasteiger partial charge in [-0.2, -0.15) is 0 Å². The van der Waals surface area contributed by atoms with Crippen LogP contribution in [-0.4, -0.2) is 34.9 Å². The Balaban J connectivity index is 1.84. The van der Waals surface area contributed by atoms with Gasteiger partial charge in [0.25, 0.3) is 0 Å². The molecule has 0 spiro atoms. The van der Waals surface area contributed by atoms with Crippen LogP contribution in [0.5, 0.6) is 0 Å². The van der Waals surface area contributed by atoms with Gasteiger partial charge in [-0.1, -0.05) is 6.07 Å². The van der Waals surface area contributed by atoms with Crippen molar-refractivity contribution in [2.75, 3.05) is 5.32 Å². The van der Waals surface area contributed by atoms with E-state index in [-0.39, 0.29) is 12.1 Å². The molecule has 0 bridgehead atoms. The first-order valence-electron chi connectivity index (χ1n) is 7.74. The van der Waals surface area contributed by atoms with E-state index in [9.17, 15) is 9.59 Å². The maximum atomic E-state index is 11.7. The van der Waals surface area contributed by atoms with Crippen molar-refractivity contribution >= 4 is 17.7 Å². The number of amides is 1. The first kappa shape index (κ1) is 17.1. The summed E-state index contributed by atoms with van der Waals surface area (Å²) in [7, 11) is 0. The number of carbonyl (C=O) groups excluding carboxylic acids is 1. The molecule has 0 unspecified atom stereocenters. The number of hydrogen-bond acceptors (Lipinski definition) is 4. The quantitative estimate of drug-likeness (QED) is 0.793. The number of benzene rings is 1. The zero-order chi connectivity index (χ0) is 17.2. The second-order valence-corrected chi connectivity index (χ2v) is 6.94. The number of rotatable bonds is 4. The van der Waals surface area contributed by atoms with E-state index < -0.39 is 17.7 Å². The van der Waals surface area contributed by atoms with E-state index in [0.717, 1.165) is 24.1 Å². The number of hydrogen-bond donors (Lipinski definition) is 3. The summed E-state index contributed by atoms with van der Waals surface area (Å²) in [5.74, 6) is -0.927. The van der Waals surface area contributed by atoms with Crippen LogP contribution in [0.15, 0.2) is 18.2 Å². The van der Waals surface area contributed by atoms with Gasteiger partial charge in [-0.15, -0.1) is 0 Å². The predicted octanol–water partition coefficient (Wildman–Crippen LogP) is 3.16. The van der Waals surface area contributed by atoms with E-state index in [4.69, 9.17) is 9.84 Å². The first-order chi connectivity index (χ1) is 10.7. The minimum Gasteiger partial charge on any atom is -0.478 e. The third-order valence-corrected chi connectivity index (χ3v) is 3.78. The minimum atomic E-state index is -0.927. The van der Waals surface area contributed by atoms with Crippen LogP contribution >= 0.6 is 0 Å². The van der Waals surface area contributed by atoms with Crippen molar-refractivity contribution < 1.29 is 19.4 Å². The minimum absolute atomic E-state index is 0.0883. The van der Waals surface area contributed by atoms with Gasteiger partial charge in [-0.05, 0) is 58.2 Å². The van der Waals surface area contributed by atoms with Crippen molar-refractivity contribution in [1.82, 2.24) is 5.32 Å². The first-order valence-corrected chi connectivity index (χ1v) is 7.74. The third kappa shape index (κ3) is 4.61. The Bertz CT molecular complexity index is 601. The molecule has 0 aliphatic heterocycles. The Morgan fingerprint density at radius 1 is 1.22 bits per heavy atom. The van der Waals surface area contributed by atoms with Crippen molar-refractivity contribution in [2.24, 2.45) is 0 Å². The molecule has 0 atom stereocenters. The Labute approximate surface area is 136 Å². The van der Waals surface area contributed by atoms with E-state index in [0.29, 0.717) is 5.56 Å². The Hall–Kier alpha value is -2.24. The number of alkyl carbamates (subject to hydrolysis) is 1. The second-order valence-electron chi connectivity index (χ2n) is 6.94. The van der Waals surface area contributed by atoms with Crippen molar-refractivity contribution in [3.05, 3.63) is 29.3 Å². The highest BCUT2D eigenvalue weighted by molar-refractivity contribution is 5.91. The normalized spacial score (nSPS) is 20.3. The summed E-state index contributed by atoms with van der Waals surface area (Å²) in [6.07, 6.45) is 1.18. The largest absolute Gasteiger partial charge is 0.478 e. The highest BCUT2D eigenvalue weighted by Gasteiger charge is 2.32. The van der Waals surface area contributed by atoms with Crippen molar-refractivity contribution in [2.45, 2.75) is 58.2 Å². The fourth-order valence-electron chi connectivity index (χ4n) is 2.57. The lowest BCUT2D eigenvalue weighted by atomic mass is 9.86. The maximum Gasteiger partial charge on any atom is 0.407 e. The number of nitrogens with one attached hydrogen (secondary N) is 2. The molecule has 1 fully saturated rings. The number of anilines is 1. The van der Waals surface area contributed by atoms with Gasteiger partial charge in [-0.25, -0.2) is 9.59 Å². The Morgan fingerprint density at radius 2 is 1.87 bits per heavy atom. The van der Waals surface area contributed by atoms with Crippen LogP contribution in [0.25, 0.3) is 0 Å². The average Bonchev–Trinajstić information content (AvgIpc) is 2.35. The number of aromatic carboxylic acids is 1. The van der Waals surface area contributed by atoms with E-state index in [2.05, 4.69) is 10.6 Å². The lowest BCUT2D eigenvalue weighted by Crippen LogP contribution is -2.50. The number of carboxylic acid groups (broad SMARTS) is 1. The number of carbonyl (C=O) groups is 2. The third-order valence-electron chi connectivity index (χ3n) is 3.78. The van der Waals surface area contributed by atoms with Crippen LogP contribution in [-0.2, 0) is 4.74 Å². The average molecular weight is 320 g/mol. The molecule has 6 heteroatoms. The zero-order valence-corrected chi connectivity index (χ0v) is 14.0. The molecule has 1 aromatic carbocycles. The van der Waals surface area contributed by atoms with E-state index >= 15 is 0 Å². The lowest BCUT2D eigenvalue weighted by Gasteiger charge is -2.37. The van der Waals surface area contributed by atoms with E-state index in [1.165, 1.54) is 0 Å². The fourth-order valence-corrected chi connectivity index (χ4v) is 2.57.